The molecule has 0 aliphatic heterocycles. The van der Waals surface area contributed by atoms with Crippen LogP contribution in [0, 0.1) is 0 Å². The SMILES string of the molecule is CCS(=O)(=O)CCCC(O)c1cc(Br)c(Br)o1. The number of halogens is 2. The number of furan rings is 1. The average Bonchev–Trinajstić information content (AvgIpc) is 2.59. The average molecular weight is 390 g/mol. The maximum Gasteiger partial charge on any atom is 0.183 e. The summed E-state index contributed by atoms with van der Waals surface area (Å²) in [6.45, 7) is 1.62. The van der Waals surface area contributed by atoms with E-state index >= 15 is 0 Å². The summed E-state index contributed by atoms with van der Waals surface area (Å²) < 4.78 is 29.0. The van der Waals surface area contributed by atoms with Crippen LogP contribution in [0.2, 0.25) is 0 Å². The van der Waals surface area contributed by atoms with E-state index in [1.165, 1.54) is 0 Å². The van der Waals surface area contributed by atoms with Gasteiger partial charge in [0.1, 0.15) is 21.7 Å². The van der Waals surface area contributed by atoms with Crippen LogP contribution in [0.25, 0.3) is 0 Å². The van der Waals surface area contributed by atoms with E-state index in [1.54, 1.807) is 13.0 Å². The van der Waals surface area contributed by atoms with Crippen molar-refractivity contribution in [2.24, 2.45) is 0 Å². The second kappa shape index (κ2) is 6.36. The molecule has 0 saturated heterocycles. The van der Waals surface area contributed by atoms with E-state index in [-0.39, 0.29) is 11.5 Å². The number of aliphatic hydroxyl groups is 1. The second-order valence-corrected chi connectivity index (χ2v) is 7.71. The van der Waals surface area contributed by atoms with Crippen LogP contribution in [-0.2, 0) is 9.84 Å². The monoisotopic (exact) mass is 388 g/mol. The number of aliphatic hydroxyl groups excluding tert-OH is 1. The zero-order valence-electron chi connectivity index (χ0n) is 9.32. The lowest BCUT2D eigenvalue weighted by Crippen LogP contribution is -2.09. The van der Waals surface area contributed by atoms with Gasteiger partial charge in [0, 0.05) is 5.75 Å². The summed E-state index contributed by atoms with van der Waals surface area (Å²) in [6, 6.07) is 1.67. The molecule has 0 radical (unpaired) electrons. The van der Waals surface area contributed by atoms with Crippen LogP contribution in [0.15, 0.2) is 19.6 Å². The first kappa shape index (κ1) is 15.2. The lowest BCUT2D eigenvalue weighted by atomic mass is 10.2. The largest absolute Gasteiger partial charge is 0.450 e. The van der Waals surface area contributed by atoms with Gasteiger partial charge in [-0.2, -0.15) is 0 Å². The predicted molar refractivity (Wildman–Crippen MR) is 72.6 cm³/mol. The Labute approximate surface area is 118 Å². The minimum absolute atomic E-state index is 0.101. The molecule has 0 aromatic carbocycles. The molecule has 7 heteroatoms. The van der Waals surface area contributed by atoms with Gasteiger partial charge in [-0.3, -0.25) is 0 Å². The van der Waals surface area contributed by atoms with E-state index in [2.05, 4.69) is 31.9 Å². The lowest BCUT2D eigenvalue weighted by molar-refractivity contribution is 0.138. The first-order valence-corrected chi connectivity index (χ1v) is 8.59. The molecule has 0 saturated carbocycles. The molecular formula is C10H14Br2O4S. The van der Waals surface area contributed by atoms with Crippen LogP contribution in [-0.4, -0.2) is 25.0 Å². The molecule has 1 aromatic rings. The van der Waals surface area contributed by atoms with Crippen molar-refractivity contribution in [3.05, 3.63) is 21.0 Å². The molecule has 1 atom stereocenters. The van der Waals surface area contributed by atoms with E-state index in [4.69, 9.17) is 4.42 Å². The second-order valence-electron chi connectivity index (χ2n) is 3.66. The molecule has 1 N–H and O–H groups in total. The summed E-state index contributed by atoms with van der Waals surface area (Å²) in [5.41, 5.74) is 0. The van der Waals surface area contributed by atoms with Gasteiger partial charge in [0.25, 0.3) is 0 Å². The standard InChI is InChI=1S/C10H14Br2O4S/c1-2-17(14,15)5-3-4-8(13)9-6-7(11)10(12)16-9/h6,8,13H,2-5H2,1H3. The van der Waals surface area contributed by atoms with Crippen molar-refractivity contribution in [3.63, 3.8) is 0 Å². The Kier molecular flexibility index (Phi) is 5.69. The van der Waals surface area contributed by atoms with Gasteiger partial charge in [-0.05, 0) is 50.8 Å². The van der Waals surface area contributed by atoms with Crippen molar-refractivity contribution >= 4 is 41.7 Å². The number of hydrogen-bond acceptors (Lipinski definition) is 4. The van der Waals surface area contributed by atoms with E-state index in [0.29, 0.717) is 23.3 Å². The number of rotatable bonds is 6. The maximum absolute atomic E-state index is 11.3. The van der Waals surface area contributed by atoms with Crippen molar-refractivity contribution < 1.29 is 17.9 Å². The number of sulfone groups is 1. The Morgan fingerprint density at radius 3 is 2.59 bits per heavy atom. The maximum atomic E-state index is 11.3. The molecule has 1 rings (SSSR count). The van der Waals surface area contributed by atoms with Crippen molar-refractivity contribution in [2.45, 2.75) is 25.9 Å². The number of hydrogen-bond donors (Lipinski definition) is 1. The first-order valence-electron chi connectivity index (χ1n) is 5.19. The van der Waals surface area contributed by atoms with Crippen LogP contribution in [0.3, 0.4) is 0 Å². The highest BCUT2D eigenvalue weighted by Gasteiger charge is 2.16. The van der Waals surface area contributed by atoms with Crippen molar-refractivity contribution in [2.75, 3.05) is 11.5 Å². The third-order valence-corrected chi connectivity index (χ3v) is 5.87. The Hall–Kier alpha value is 0.150. The Bertz CT molecular complexity index is 447. The third kappa shape index (κ3) is 4.73. The van der Waals surface area contributed by atoms with Crippen molar-refractivity contribution in [1.29, 1.82) is 0 Å². The molecule has 98 valence electrons. The van der Waals surface area contributed by atoms with Crippen LogP contribution < -0.4 is 0 Å². The zero-order valence-corrected chi connectivity index (χ0v) is 13.3. The summed E-state index contributed by atoms with van der Waals surface area (Å²) in [7, 11) is -2.96. The van der Waals surface area contributed by atoms with Gasteiger partial charge < -0.3 is 9.52 Å². The summed E-state index contributed by atoms with van der Waals surface area (Å²) in [5, 5.41) is 9.80. The summed E-state index contributed by atoms with van der Waals surface area (Å²) in [6.07, 6.45) is 0.0171. The molecule has 1 unspecified atom stereocenters. The van der Waals surface area contributed by atoms with Crippen LogP contribution >= 0.6 is 31.9 Å². The highest BCUT2D eigenvalue weighted by molar-refractivity contribution is 9.13. The van der Waals surface area contributed by atoms with Crippen LogP contribution in [0.4, 0.5) is 0 Å². The highest BCUT2D eigenvalue weighted by Crippen LogP contribution is 2.31. The van der Waals surface area contributed by atoms with E-state index in [9.17, 15) is 13.5 Å². The van der Waals surface area contributed by atoms with Crippen molar-refractivity contribution in [3.8, 4) is 0 Å². The molecule has 0 fully saturated rings. The molecule has 1 aromatic heterocycles. The zero-order chi connectivity index (χ0) is 13.1. The fourth-order valence-electron chi connectivity index (χ4n) is 1.31. The van der Waals surface area contributed by atoms with Crippen LogP contribution in [0.1, 0.15) is 31.6 Å². The summed E-state index contributed by atoms with van der Waals surface area (Å²) in [5.74, 6) is 0.669. The molecule has 17 heavy (non-hydrogen) atoms. The highest BCUT2D eigenvalue weighted by atomic mass is 79.9. The van der Waals surface area contributed by atoms with Gasteiger partial charge in [-0.25, -0.2) is 8.42 Å². The van der Waals surface area contributed by atoms with E-state index in [1.807, 2.05) is 0 Å². The molecule has 1 heterocycles. The van der Waals surface area contributed by atoms with Crippen molar-refractivity contribution in [1.82, 2.24) is 0 Å². The molecule has 0 amide bonds. The van der Waals surface area contributed by atoms with E-state index in [0.717, 1.165) is 4.47 Å². The summed E-state index contributed by atoms with van der Waals surface area (Å²) in [4.78, 5) is 0. The fraction of sp³-hybridized carbons (Fsp3) is 0.600. The smallest absolute Gasteiger partial charge is 0.183 e. The molecule has 0 spiro atoms. The molecule has 0 aliphatic carbocycles. The normalized spacial score (nSPS) is 13.9. The Morgan fingerprint density at radius 2 is 2.12 bits per heavy atom. The van der Waals surface area contributed by atoms with Gasteiger partial charge in [-0.1, -0.05) is 6.92 Å². The van der Waals surface area contributed by atoms with Gasteiger partial charge >= 0.3 is 0 Å². The molecular weight excluding hydrogens is 376 g/mol. The van der Waals surface area contributed by atoms with Crippen LogP contribution in [0.5, 0.6) is 0 Å². The third-order valence-electron chi connectivity index (χ3n) is 2.37. The Balaban J connectivity index is 2.48. The molecule has 4 nitrogen and oxygen atoms in total. The van der Waals surface area contributed by atoms with Gasteiger partial charge in [0.2, 0.25) is 0 Å². The fourth-order valence-corrected chi connectivity index (χ4v) is 2.81. The van der Waals surface area contributed by atoms with Gasteiger partial charge in [0.15, 0.2) is 4.67 Å². The Morgan fingerprint density at radius 1 is 1.47 bits per heavy atom. The van der Waals surface area contributed by atoms with Gasteiger partial charge in [0.05, 0.1) is 10.2 Å². The molecule has 0 bridgehead atoms. The molecule has 0 aliphatic rings. The quantitative estimate of drug-likeness (QED) is 0.811. The topological polar surface area (TPSA) is 67.5 Å². The minimum atomic E-state index is -2.96. The summed E-state index contributed by atoms with van der Waals surface area (Å²) >= 11 is 6.42. The first-order chi connectivity index (χ1) is 7.85. The lowest BCUT2D eigenvalue weighted by Gasteiger charge is -2.07. The van der Waals surface area contributed by atoms with E-state index < -0.39 is 15.9 Å². The predicted octanol–water partition coefficient (Wildman–Crippen LogP) is 3.05. The minimum Gasteiger partial charge on any atom is -0.450 e. The van der Waals surface area contributed by atoms with Gasteiger partial charge in [-0.15, -0.1) is 0 Å².